The maximum Gasteiger partial charge on any atom is 0.267 e. The van der Waals surface area contributed by atoms with Crippen molar-refractivity contribution in [2.24, 2.45) is 0 Å². The molecule has 3 rings (SSSR count). The van der Waals surface area contributed by atoms with Crippen molar-refractivity contribution < 1.29 is 9.59 Å². The lowest BCUT2D eigenvalue weighted by molar-refractivity contribution is -0.114. The van der Waals surface area contributed by atoms with Gasteiger partial charge in [0.2, 0.25) is 5.91 Å². The first-order valence-corrected chi connectivity index (χ1v) is 8.33. The minimum Gasteiger partial charge on any atom is -0.399 e. The SMILES string of the molecule is CC(=O)Nc1ccc(NC(=O)c2cnc(-c3cccc(N)c3)s2)cc1. The van der Waals surface area contributed by atoms with Gasteiger partial charge in [-0.2, -0.15) is 0 Å². The number of nitrogen functional groups attached to an aromatic ring is 1. The summed E-state index contributed by atoms with van der Waals surface area (Å²) in [6.45, 7) is 1.44. The molecule has 1 aromatic heterocycles. The highest BCUT2D eigenvalue weighted by atomic mass is 32.1. The van der Waals surface area contributed by atoms with E-state index < -0.39 is 0 Å². The summed E-state index contributed by atoms with van der Waals surface area (Å²) in [5.74, 6) is -0.379. The molecule has 0 spiro atoms. The molecule has 0 fully saturated rings. The van der Waals surface area contributed by atoms with Gasteiger partial charge in [0, 0.05) is 29.5 Å². The smallest absolute Gasteiger partial charge is 0.267 e. The molecule has 0 aliphatic rings. The van der Waals surface area contributed by atoms with Crippen molar-refractivity contribution in [3.63, 3.8) is 0 Å². The molecule has 7 heteroatoms. The summed E-state index contributed by atoms with van der Waals surface area (Å²) in [5.41, 5.74) is 8.62. The first-order chi connectivity index (χ1) is 12.0. The van der Waals surface area contributed by atoms with E-state index in [0.29, 0.717) is 21.9 Å². The number of amides is 2. The fourth-order valence-corrected chi connectivity index (χ4v) is 3.02. The number of rotatable bonds is 4. The van der Waals surface area contributed by atoms with Crippen LogP contribution in [0.25, 0.3) is 10.6 Å². The standard InChI is InChI=1S/C18H16N4O2S/c1-11(23)21-14-5-7-15(8-6-14)22-17(24)16-10-20-18(25-16)12-3-2-4-13(19)9-12/h2-10H,19H2,1H3,(H,21,23)(H,22,24). The Balaban J connectivity index is 1.70. The number of anilines is 3. The van der Waals surface area contributed by atoms with Crippen molar-refractivity contribution in [3.8, 4) is 10.6 Å². The highest BCUT2D eigenvalue weighted by Gasteiger charge is 2.12. The van der Waals surface area contributed by atoms with Gasteiger partial charge >= 0.3 is 0 Å². The van der Waals surface area contributed by atoms with E-state index in [-0.39, 0.29) is 11.8 Å². The summed E-state index contributed by atoms with van der Waals surface area (Å²) < 4.78 is 0. The molecule has 1 heterocycles. The molecule has 0 unspecified atom stereocenters. The molecule has 0 aliphatic heterocycles. The first-order valence-electron chi connectivity index (χ1n) is 7.52. The summed E-state index contributed by atoms with van der Waals surface area (Å²) in [5, 5.41) is 6.22. The van der Waals surface area contributed by atoms with Crippen LogP contribution in [0.15, 0.2) is 54.7 Å². The van der Waals surface area contributed by atoms with Gasteiger partial charge in [-0.3, -0.25) is 9.59 Å². The number of hydrogen-bond acceptors (Lipinski definition) is 5. The monoisotopic (exact) mass is 352 g/mol. The zero-order valence-electron chi connectivity index (χ0n) is 13.4. The van der Waals surface area contributed by atoms with Gasteiger partial charge in [-0.25, -0.2) is 4.98 Å². The Kier molecular flexibility index (Phi) is 4.76. The Morgan fingerprint density at radius 2 is 1.72 bits per heavy atom. The molecular weight excluding hydrogens is 336 g/mol. The lowest BCUT2D eigenvalue weighted by Gasteiger charge is -2.05. The predicted octanol–water partition coefficient (Wildman–Crippen LogP) is 3.60. The van der Waals surface area contributed by atoms with Gasteiger partial charge in [-0.05, 0) is 36.4 Å². The molecular formula is C18H16N4O2S. The van der Waals surface area contributed by atoms with Crippen LogP contribution in [0, 0.1) is 0 Å². The molecule has 126 valence electrons. The number of nitrogens with two attached hydrogens (primary N) is 1. The third kappa shape index (κ3) is 4.21. The van der Waals surface area contributed by atoms with Crippen molar-refractivity contribution in [1.82, 2.24) is 4.98 Å². The summed E-state index contributed by atoms with van der Waals surface area (Å²) in [6, 6.07) is 14.3. The lowest BCUT2D eigenvalue weighted by atomic mass is 10.2. The molecule has 0 radical (unpaired) electrons. The van der Waals surface area contributed by atoms with Crippen LogP contribution in [0.3, 0.4) is 0 Å². The van der Waals surface area contributed by atoms with Gasteiger partial charge in [0.15, 0.2) is 0 Å². The fraction of sp³-hybridized carbons (Fsp3) is 0.0556. The van der Waals surface area contributed by atoms with Crippen molar-refractivity contribution >= 4 is 40.2 Å². The molecule has 2 aromatic carbocycles. The van der Waals surface area contributed by atoms with E-state index in [1.165, 1.54) is 18.3 Å². The Hall–Kier alpha value is -3.19. The van der Waals surface area contributed by atoms with Crippen LogP contribution in [0.5, 0.6) is 0 Å². The van der Waals surface area contributed by atoms with E-state index in [1.807, 2.05) is 18.2 Å². The maximum absolute atomic E-state index is 12.4. The van der Waals surface area contributed by atoms with Gasteiger partial charge in [-0.15, -0.1) is 11.3 Å². The molecule has 0 atom stereocenters. The zero-order valence-corrected chi connectivity index (χ0v) is 14.3. The van der Waals surface area contributed by atoms with E-state index in [1.54, 1.807) is 36.5 Å². The van der Waals surface area contributed by atoms with E-state index in [2.05, 4.69) is 15.6 Å². The molecule has 3 aromatic rings. The summed E-state index contributed by atoms with van der Waals surface area (Å²) in [6.07, 6.45) is 1.55. The van der Waals surface area contributed by atoms with Crippen LogP contribution in [0.2, 0.25) is 0 Å². The van der Waals surface area contributed by atoms with E-state index in [0.717, 1.165) is 10.6 Å². The highest BCUT2D eigenvalue weighted by Crippen LogP contribution is 2.27. The van der Waals surface area contributed by atoms with Crippen LogP contribution in [0.4, 0.5) is 17.1 Å². The largest absolute Gasteiger partial charge is 0.399 e. The second kappa shape index (κ2) is 7.14. The Morgan fingerprint density at radius 1 is 1.04 bits per heavy atom. The van der Waals surface area contributed by atoms with Gasteiger partial charge in [0.05, 0.1) is 6.20 Å². The molecule has 0 bridgehead atoms. The van der Waals surface area contributed by atoms with Crippen LogP contribution in [0.1, 0.15) is 16.6 Å². The Bertz CT molecular complexity index is 919. The number of thiazole rings is 1. The number of aromatic nitrogens is 1. The molecule has 6 nitrogen and oxygen atoms in total. The summed E-state index contributed by atoms with van der Waals surface area (Å²) >= 11 is 1.30. The second-order valence-electron chi connectivity index (χ2n) is 5.37. The molecule has 0 aliphatic carbocycles. The minimum absolute atomic E-state index is 0.143. The van der Waals surface area contributed by atoms with Crippen molar-refractivity contribution in [1.29, 1.82) is 0 Å². The Labute approximate surface area is 148 Å². The molecule has 0 saturated heterocycles. The third-order valence-corrected chi connectivity index (χ3v) is 4.37. The van der Waals surface area contributed by atoms with Gasteiger partial charge in [-0.1, -0.05) is 12.1 Å². The number of nitrogens with zero attached hydrogens (tertiary/aromatic N) is 1. The number of nitrogens with one attached hydrogen (secondary N) is 2. The van der Waals surface area contributed by atoms with Crippen molar-refractivity contribution in [2.45, 2.75) is 6.92 Å². The fourth-order valence-electron chi connectivity index (χ4n) is 2.22. The van der Waals surface area contributed by atoms with Crippen LogP contribution in [-0.2, 0) is 4.79 Å². The summed E-state index contributed by atoms with van der Waals surface area (Å²) in [4.78, 5) is 28.2. The number of benzene rings is 2. The van der Waals surface area contributed by atoms with E-state index >= 15 is 0 Å². The number of carbonyl (C=O) groups excluding carboxylic acids is 2. The van der Waals surface area contributed by atoms with Gasteiger partial charge in [0.25, 0.3) is 5.91 Å². The average molecular weight is 352 g/mol. The quantitative estimate of drug-likeness (QED) is 0.625. The van der Waals surface area contributed by atoms with Crippen LogP contribution < -0.4 is 16.4 Å². The molecule has 0 saturated carbocycles. The van der Waals surface area contributed by atoms with Gasteiger partial charge in [0.1, 0.15) is 9.88 Å². The van der Waals surface area contributed by atoms with E-state index in [9.17, 15) is 9.59 Å². The maximum atomic E-state index is 12.4. The highest BCUT2D eigenvalue weighted by molar-refractivity contribution is 7.17. The molecule has 4 N–H and O–H groups in total. The normalized spacial score (nSPS) is 10.3. The second-order valence-corrected chi connectivity index (χ2v) is 6.40. The summed E-state index contributed by atoms with van der Waals surface area (Å²) in [7, 11) is 0. The Morgan fingerprint density at radius 3 is 2.36 bits per heavy atom. The predicted molar refractivity (Wildman–Crippen MR) is 101 cm³/mol. The lowest BCUT2D eigenvalue weighted by Crippen LogP contribution is -2.10. The average Bonchev–Trinajstić information content (AvgIpc) is 3.06. The topological polar surface area (TPSA) is 97.1 Å². The number of hydrogen-bond donors (Lipinski definition) is 3. The van der Waals surface area contributed by atoms with Crippen molar-refractivity contribution in [3.05, 3.63) is 59.6 Å². The molecule has 25 heavy (non-hydrogen) atoms. The molecule has 2 amide bonds. The van der Waals surface area contributed by atoms with Crippen LogP contribution in [-0.4, -0.2) is 16.8 Å². The number of carbonyl (C=O) groups is 2. The van der Waals surface area contributed by atoms with E-state index in [4.69, 9.17) is 5.73 Å². The third-order valence-electron chi connectivity index (χ3n) is 3.33. The first kappa shape index (κ1) is 16.7. The van der Waals surface area contributed by atoms with Crippen molar-refractivity contribution in [2.75, 3.05) is 16.4 Å². The zero-order chi connectivity index (χ0) is 17.8. The van der Waals surface area contributed by atoms with Crippen LogP contribution >= 0.6 is 11.3 Å². The minimum atomic E-state index is -0.236. The van der Waals surface area contributed by atoms with Gasteiger partial charge < -0.3 is 16.4 Å².